The van der Waals surface area contributed by atoms with E-state index in [1.807, 2.05) is 12.1 Å². The van der Waals surface area contributed by atoms with Crippen molar-refractivity contribution in [3.8, 4) is 5.75 Å². The molecule has 20 heavy (non-hydrogen) atoms. The molecular formula is C18H23NO. The minimum atomic E-state index is 0.244. The van der Waals surface area contributed by atoms with E-state index >= 15 is 0 Å². The molecule has 0 spiro atoms. The molecule has 2 aromatic rings. The highest BCUT2D eigenvalue weighted by molar-refractivity contribution is 5.35. The van der Waals surface area contributed by atoms with Crippen LogP contribution in [0.4, 0.5) is 0 Å². The van der Waals surface area contributed by atoms with Gasteiger partial charge in [0.05, 0.1) is 13.2 Å². The van der Waals surface area contributed by atoms with Crippen molar-refractivity contribution in [1.82, 2.24) is 5.32 Å². The van der Waals surface area contributed by atoms with Crippen LogP contribution in [-0.2, 0) is 0 Å². The minimum Gasteiger partial charge on any atom is -0.497 e. The van der Waals surface area contributed by atoms with Crippen LogP contribution in [0.15, 0.2) is 54.6 Å². The average Bonchev–Trinajstić information content (AvgIpc) is 2.53. The number of benzene rings is 2. The van der Waals surface area contributed by atoms with Gasteiger partial charge in [0.1, 0.15) is 5.75 Å². The number of hydrogen-bond acceptors (Lipinski definition) is 2. The third-order valence-electron chi connectivity index (χ3n) is 3.46. The van der Waals surface area contributed by atoms with Gasteiger partial charge >= 0.3 is 0 Å². The molecule has 0 aliphatic heterocycles. The highest BCUT2D eigenvalue weighted by atomic mass is 16.5. The van der Waals surface area contributed by atoms with Crippen molar-refractivity contribution in [2.75, 3.05) is 13.7 Å². The first kappa shape index (κ1) is 14.6. The number of rotatable bonds is 7. The Labute approximate surface area is 121 Å². The molecule has 2 rings (SSSR count). The molecule has 1 unspecified atom stereocenters. The summed E-state index contributed by atoms with van der Waals surface area (Å²) in [5.41, 5.74) is 2.57. The van der Waals surface area contributed by atoms with Gasteiger partial charge in [-0.25, -0.2) is 0 Å². The van der Waals surface area contributed by atoms with Crippen molar-refractivity contribution in [2.45, 2.75) is 25.8 Å². The second kappa shape index (κ2) is 7.71. The lowest BCUT2D eigenvalue weighted by molar-refractivity contribution is 0.414. The Kier molecular flexibility index (Phi) is 5.63. The third kappa shape index (κ3) is 3.84. The van der Waals surface area contributed by atoms with Crippen molar-refractivity contribution in [3.63, 3.8) is 0 Å². The zero-order valence-electron chi connectivity index (χ0n) is 12.3. The predicted octanol–water partition coefficient (Wildman–Crippen LogP) is 4.17. The Morgan fingerprint density at radius 3 is 2.20 bits per heavy atom. The monoisotopic (exact) mass is 269 g/mol. The van der Waals surface area contributed by atoms with Gasteiger partial charge in [0.25, 0.3) is 0 Å². The number of unbranched alkanes of at least 4 members (excludes halogenated alkanes) is 1. The number of methoxy groups -OCH3 is 1. The molecule has 0 fully saturated rings. The fourth-order valence-electron chi connectivity index (χ4n) is 2.29. The van der Waals surface area contributed by atoms with Gasteiger partial charge < -0.3 is 10.1 Å². The first-order valence-corrected chi connectivity index (χ1v) is 7.27. The quantitative estimate of drug-likeness (QED) is 0.762. The van der Waals surface area contributed by atoms with E-state index < -0.39 is 0 Å². The number of ether oxygens (including phenoxy) is 1. The van der Waals surface area contributed by atoms with E-state index in [-0.39, 0.29) is 6.04 Å². The van der Waals surface area contributed by atoms with Crippen molar-refractivity contribution in [2.24, 2.45) is 0 Å². The van der Waals surface area contributed by atoms with Crippen LogP contribution in [0.5, 0.6) is 5.75 Å². The molecule has 0 aromatic heterocycles. The standard InChI is InChI=1S/C18H23NO/c1-3-4-14-19-18(15-8-6-5-7-9-15)16-10-12-17(20-2)13-11-16/h5-13,18-19H,3-4,14H2,1-2H3. The Morgan fingerprint density at radius 1 is 0.950 bits per heavy atom. The van der Waals surface area contributed by atoms with Crippen LogP contribution in [0.1, 0.15) is 36.9 Å². The summed E-state index contributed by atoms with van der Waals surface area (Å²) in [6.07, 6.45) is 2.40. The summed E-state index contributed by atoms with van der Waals surface area (Å²) < 4.78 is 5.23. The zero-order chi connectivity index (χ0) is 14.2. The van der Waals surface area contributed by atoms with Crippen LogP contribution in [0.3, 0.4) is 0 Å². The maximum absolute atomic E-state index is 5.23. The summed E-state index contributed by atoms with van der Waals surface area (Å²) in [6, 6.07) is 19.1. The summed E-state index contributed by atoms with van der Waals surface area (Å²) in [6.45, 7) is 3.24. The lowest BCUT2D eigenvalue weighted by atomic mass is 9.98. The van der Waals surface area contributed by atoms with Crippen LogP contribution < -0.4 is 10.1 Å². The maximum atomic E-state index is 5.23. The third-order valence-corrected chi connectivity index (χ3v) is 3.46. The minimum absolute atomic E-state index is 0.244. The molecule has 0 radical (unpaired) electrons. The number of nitrogens with one attached hydrogen (secondary N) is 1. The first-order valence-electron chi connectivity index (χ1n) is 7.27. The van der Waals surface area contributed by atoms with E-state index in [1.165, 1.54) is 24.0 Å². The summed E-state index contributed by atoms with van der Waals surface area (Å²) in [7, 11) is 1.70. The van der Waals surface area contributed by atoms with Crippen LogP contribution >= 0.6 is 0 Å². The highest BCUT2D eigenvalue weighted by Crippen LogP contribution is 2.24. The molecule has 0 aliphatic rings. The molecule has 0 amide bonds. The Hall–Kier alpha value is -1.80. The van der Waals surface area contributed by atoms with Gasteiger partial charge in [0, 0.05) is 0 Å². The van der Waals surface area contributed by atoms with Crippen molar-refractivity contribution < 1.29 is 4.74 Å². The first-order chi connectivity index (χ1) is 9.85. The van der Waals surface area contributed by atoms with Crippen molar-refractivity contribution in [1.29, 1.82) is 0 Å². The van der Waals surface area contributed by atoms with Gasteiger partial charge in [-0.3, -0.25) is 0 Å². The van der Waals surface area contributed by atoms with Crippen LogP contribution in [-0.4, -0.2) is 13.7 Å². The van der Waals surface area contributed by atoms with Crippen LogP contribution in [0.25, 0.3) is 0 Å². The summed E-state index contributed by atoms with van der Waals surface area (Å²) in [4.78, 5) is 0. The summed E-state index contributed by atoms with van der Waals surface area (Å²) >= 11 is 0. The van der Waals surface area contributed by atoms with Crippen molar-refractivity contribution >= 4 is 0 Å². The highest BCUT2D eigenvalue weighted by Gasteiger charge is 2.12. The fourth-order valence-corrected chi connectivity index (χ4v) is 2.29. The van der Waals surface area contributed by atoms with E-state index in [2.05, 4.69) is 54.7 Å². The van der Waals surface area contributed by atoms with E-state index in [0.717, 1.165) is 12.3 Å². The molecule has 0 saturated carbocycles. The Morgan fingerprint density at radius 2 is 1.60 bits per heavy atom. The van der Waals surface area contributed by atoms with E-state index in [4.69, 9.17) is 4.74 Å². The Bertz CT molecular complexity index is 493. The van der Waals surface area contributed by atoms with Crippen molar-refractivity contribution in [3.05, 3.63) is 65.7 Å². The number of hydrogen-bond donors (Lipinski definition) is 1. The van der Waals surface area contributed by atoms with Gasteiger partial charge in [0.15, 0.2) is 0 Å². The average molecular weight is 269 g/mol. The van der Waals surface area contributed by atoms with E-state index in [0.29, 0.717) is 0 Å². The molecule has 2 aromatic carbocycles. The summed E-state index contributed by atoms with van der Waals surface area (Å²) in [5, 5.41) is 3.65. The normalized spacial score (nSPS) is 12.1. The summed E-state index contributed by atoms with van der Waals surface area (Å²) in [5.74, 6) is 0.897. The molecule has 0 aliphatic carbocycles. The molecule has 2 heteroatoms. The van der Waals surface area contributed by atoms with Crippen LogP contribution in [0, 0.1) is 0 Å². The fraction of sp³-hybridized carbons (Fsp3) is 0.333. The molecular weight excluding hydrogens is 246 g/mol. The lowest BCUT2D eigenvalue weighted by Gasteiger charge is -2.20. The molecule has 0 saturated heterocycles. The van der Waals surface area contributed by atoms with Crippen LogP contribution in [0.2, 0.25) is 0 Å². The molecule has 1 atom stereocenters. The Balaban J connectivity index is 2.20. The maximum Gasteiger partial charge on any atom is 0.118 e. The van der Waals surface area contributed by atoms with Gasteiger partial charge in [-0.1, -0.05) is 55.8 Å². The second-order valence-electron chi connectivity index (χ2n) is 4.92. The predicted molar refractivity (Wildman–Crippen MR) is 84.2 cm³/mol. The molecule has 1 N–H and O–H groups in total. The second-order valence-corrected chi connectivity index (χ2v) is 4.92. The van der Waals surface area contributed by atoms with Gasteiger partial charge in [-0.05, 0) is 36.2 Å². The van der Waals surface area contributed by atoms with Gasteiger partial charge in [-0.2, -0.15) is 0 Å². The van der Waals surface area contributed by atoms with E-state index in [1.54, 1.807) is 7.11 Å². The lowest BCUT2D eigenvalue weighted by Crippen LogP contribution is -2.23. The topological polar surface area (TPSA) is 21.3 Å². The van der Waals surface area contributed by atoms with Gasteiger partial charge in [-0.15, -0.1) is 0 Å². The molecule has 106 valence electrons. The molecule has 2 nitrogen and oxygen atoms in total. The smallest absolute Gasteiger partial charge is 0.118 e. The largest absolute Gasteiger partial charge is 0.497 e. The van der Waals surface area contributed by atoms with E-state index in [9.17, 15) is 0 Å². The zero-order valence-corrected chi connectivity index (χ0v) is 12.3. The molecule has 0 heterocycles. The molecule has 0 bridgehead atoms. The SMILES string of the molecule is CCCCNC(c1ccccc1)c1ccc(OC)cc1. The van der Waals surface area contributed by atoms with Gasteiger partial charge in [0.2, 0.25) is 0 Å².